The molecule has 0 aliphatic carbocycles. The molecular weight excluding hydrogens is 531 g/mol. The zero-order valence-corrected chi connectivity index (χ0v) is 20.0. The maximum atomic E-state index is 13.1. The molecule has 37 heavy (non-hydrogen) atoms. The van der Waals surface area contributed by atoms with Crippen molar-refractivity contribution in [2.24, 2.45) is 0 Å². The summed E-state index contributed by atoms with van der Waals surface area (Å²) in [7, 11) is -4.01. The first kappa shape index (κ1) is 26.6. The first-order valence-electron chi connectivity index (χ1n) is 10.6. The van der Waals surface area contributed by atoms with E-state index in [-0.39, 0.29) is 41.6 Å². The van der Waals surface area contributed by atoms with Gasteiger partial charge in [0.05, 0.1) is 48.2 Å². The SMILES string of the molecule is CCS(=O)(=O)c1nn2c(C(=O)NC3(C)COC3)ccnc2c1-c1cnc(OCC(F)(F)C(F)(F)F)cn1. The molecule has 0 unspecified atom stereocenters. The topological polar surface area (TPSA) is 138 Å². The average molecular weight is 550 g/mol. The molecule has 1 saturated heterocycles. The van der Waals surface area contributed by atoms with Crippen molar-refractivity contribution in [3.05, 3.63) is 30.4 Å². The summed E-state index contributed by atoms with van der Waals surface area (Å²) in [6, 6.07) is 1.33. The van der Waals surface area contributed by atoms with E-state index in [0.717, 1.165) is 16.9 Å². The van der Waals surface area contributed by atoms with Gasteiger partial charge in [-0.3, -0.25) is 4.79 Å². The predicted molar refractivity (Wildman–Crippen MR) is 115 cm³/mol. The Hall–Kier alpha value is -3.47. The van der Waals surface area contributed by atoms with Crippen molar-refractivity contribution in [3.63, 3.8) is 0 Å². The quantitative estimate of drug-likeness (QED) is 0.418. The summed E-state index contributed by atoms with van der Waals surface area (Å²) in [4.78, 5) is 24.6. The smallest absolute Gasteiger partial charge is 0.456 e. The minimum atomic E-state index is -5.82. The second-order valence-electron chi connectivity index (χ2n) is 8.39. The molecule has 3 aromatic rings. The highest BCUT2D eigenvalue weighted by Gasteiger charge is 2.58. The summed E-state index contributed by atoms with van der Waals surface area (Å²) in [5.74, 6) is -6.73. The fourth-order valence-corrected chi connectivity index (χ4v) is 4.25. The van der Waals surface area contributed by atoms with Crippen LogP contribution >= 0.6 is 0 Å². The molecule has 1 amide bonds. The van der Waals surface area contributed by atoms with Crippen LogP contribution in [0.2, 0.25) is 0 Å². The van der Waals surface area contributed by atoms with Crippen molar-refractivity contribution in [1.29, 1.82) is 0 Å². The molecule has 1 aliphatic rings. The van der Waals surface area contributed by atoms with E-state index in [0.29, 0.717) is 0 Å². The van der Waals surface area contributed by atoms with Crippen LogP contribution < -0.4 is 10.1 Å². The van der Waals surface area contributed by atoms with Gasteiger partial charge in [0.15, 0.2) is 27.1 Å². The number of nitrogens with zero attached hydrogens (tertiary/aromatic N) is 5. The van der Waals surface area contributed by atoms with Gasteiger partial charge in [0.2, 0.25) is 5.88 Å². The van der Waals surface area contributed by atoms with Crippen LogP contribution in [0.25, 0.3) is 16.9 Å². The van der Waals surface area contributed by atoms with Crippen LogP contribution in [0, 0.1) is 0 Å². The van der Waals surface area contributed by atoms with E-state index >= 15 is 0 Å². The number of nitrogens with one attached hydrogen (secondary N) is 1. The minimum Gasteiger partial charge on any atom is -0.470 e. The summed E-state index contributed by atoms with van der Waals surface area (Å²) in [5, 5.41) is 6.40. The molecule has 3 aromatic heterocycles. The van der Waals surface area contributed by atoms with Gasteiger partial charge in [-0.25, -0.2) is 27.9 Å². The number of sulfone groups is 1. The van der Waals surface area contributed by atoms with E-state index in [1.807, 2.05) is 0 Å². The normalized spacial score (nSPS) is 15.9. The number of halogens is 5. The molecule has 1 aliphatic heterocycles. The fourth-order valence-electron chi connectivity index (χ4n) is 3.26. The Kier molecular flexibility index (Phi) is 6.56. The minimum absolute atomic E-state index is 0.0424. The Balaban J connectivity index is 1.73. The number of amides is 1. The number of carbonyl (C=O) groups excluding carboxylic acids is 1. The molecular formula is C20H19F5N6O5S. The summed E-state index contributed by atoms with van der Waals surface area (Å²) in [5.41, 5.74) is -1.04. The van der Waals surface area contributed by atoms with Gasteiger partial charge in [-0.2, -0.15) is 27.1 Å². The van der Waals surface area contributed by atoms with Gasteiger partial charge in [0.1, 0.15) is 5.69 Å². The zero-order chi connectivity index (χ0) is 27.2. The molecule has 200 valence electrons. The molecule has 0 aromatic carbocycles. The van der Waals surface area contributed by atoms with E-state index in [1.54, 1.807) is 6.92 Å². The van der Waals surface area contributed by atoms with Gasteiger partial charge < -0.3 is 14.8 Å². The fraction of sp³-hybridized carbons (Fsp3) is 0.450. The number of hydrogen-bond acceptors (Lipinski definition) is 9. The van der Waals surface area contributed by atoms with Crippen LogP contribution in [-0.2, 0) is 14.6 Å². The van der Waals surface area contributed by atoms with Crippen molar-refractivity contribution >= 4 is 21.4 Å². The molecule has 0 bridgehead atoms. The molecule has 17 heteroatoms. The highest BCUT2D eigenvalue weighted by molar-refractivity contribution is 7.91. The number of rotatable bonds is 8. The van der Waals surface area contributed by atoms with Crippen LogP contribution in [-0.4, -0.2) is 82.1 Å². The van der Waals surface area contributed by atoms with E-state index in [1.165, 1.54) is 19.2 Å². The number of carbonyl (C=O) groups is 1. The van der Waals surface area contributed by atoms with Crippen molar-refractivity contribution < 1.29 is 44.6 Å². The van der Waals surface area contributed by atoms with Crippen molar-refractivity contribution in [2.45, 2.75) is 36.5 Å². The van der Waals surface area contributed by atoms with Crippen LogP contribution in [0.1, 0.15) is 24.3 Å². The zero-order valence-electron chi connectivity index (χ0n) is 19.2. The third-order valence-corrected chi connectivity index (χ3v) is 6.99. The lowest BCUT2D eigenvalue weighted by molar-refractivity contribution is -0.290. The summed E-state index contributed by atoms with van der Waals surface area (Å²) in [6.45, 7) is 1.67. The van der Waals surface area contributed by atoms with Crippen LogP contribution in [0.5, 0.6) is 5.88 Å². The monoisotopic (exact) mass is 550 g/mol. The lowest BCUT2D eigenvalue weighted by Crippen LogP contribution is -2.60. The van der Waals surface area contributed by atoms with Gasteiger partial charge in [-0.15, -0.1) is 0 Å². The largest absolute Gasteiger partial charge is 0.470 e. The van der Waals surface area contributed by atoms with Gasteiger partial charge in [0, 0.05) is 6.20 Å². The molecule has 0 spiro atoms. The van der Waals surface area contributed by atoms with Crippen LogP contribution in [0.15, 0.2) is 29.7 Å². The number of fused-ring (bicyclic) bond motifs is 1. The molecule has 1 fully saturated rings. The predicted octanol–water partition coefficient (Wildman–Crippen LogP) is 2.08. The lowest BCUT2D eigenvalue weighted by Gasteiger charge is -2.38. The Morgan fingerprint density at radius 2 is 1.89 bits per heavy atom. The van der Waals surface area contributed by atoms with Gasteiger partial charge in [-0.1, -0.05) is 6.92 Å². The first-order chi connectivity index (χ1) is 17.2. The number of alkyl halides is 5. The Morgan fingerprint density at radius 1 is 1.19 bits per heavy atom. The number of hydrogen-bond donors (Lipinski definition) is 1. The van der Waals surface area contributed by atoms with Crippen molar-refractivity contribution in [2.75, 3.05) is 25.6 Å². The first-order valence-corrected chi connectivity index (χ1v) is 12.2. The lowest BCUT2D eigenvalue weighted by atomic mass is 10.0. The third-order valence-electron chi connectivity index (χ3n) is 5.35. The third kappa shape index (κ3) is 5.04. The summed E-state index contributed by atoms with van der Waals surface area (Å²) < 4.78 is 99.5. The van der Waals surface area contributed by atoms with E-state index in [4.69, 9.17) is 4.74 Å². The number of ether oxygens (including phenoxy) is 2. The van der Waals surface area contributed by atoms with Gasteiger partial charge in [-0.05, 0) is 13.0 Å². The highest BCUT2D eigenvalue weighted by Crippen LogP contribution is 2.36. The molecule has 11 nitrogen and oxygen atoms in total. The maximum Gasteiger partial charge on any atom is 0.456 e. The Labute approximate surface area is 205 Å². The van der Waals surface area contributed by atoms with Gasteiger partial charge in [0.25, 0.3) is 5.91 Å². The average Bonchev–Trinajstić information content (AvgIpc) is 3.22. The van der Waals surface area contributed by atoms with E-state index in [9.17, 15) is 35.2 Å². The van der Waals surface area contributed by atoms with Gasteiger partial charge >= 0.3 is 12.1 Å². The highest BCUT2D eigenvalue weighted by atomic mass is 32.2. The standard InChI is InChI=1S/C20H19F5N6O5S/c1-3-37(33,34)17-14(11-6-28-13(7-27-11)36-10-19(21,22)20(23,24)25)15-26-5-4-12(31(15)30-17)16(32)29-18(2)8-35-9-18/h4-7H,3,8-10H2,1-2H3,(H,29,32). The molecule has 0 atom stereocenters. The second-order valence-corrected chi connectivity index (χ2v) is 10.6. The molecule has 4 heterocycles. The Bertz CT molecular complexity index is 1440. The van der Waals surface area contributed by atoms with E-state index < -0.39 is 50.9 Å². The van der Waals surface area contributed by atoms with Crippen LogP contribution in [0.3, 0.4) is 0 Å². The number of aromatic nitrogens is 5. The Morgan fingerprint density at radius 3 is 2.43 bits per heavy atom. The maximum absolute atomic E-state index is 13.1. The summed E-state index contributed by atoms with van der Waals surface area (Å²) in [6.07, 6.45) is -2.91. The molecule has 4 rings (SSSR count). The summed E-state index contributed by atoms with van der Waals surface area (Å²) >= 11 is 0. The van der Waals surface area contributed by atoms with Crippen molar-refractivity contribution in [3.8, 4) is 17.1 Å². The molecule has 0 saturated carbocycles. The van der Waals surface area contributed by atoms with Crippen molar-refractivity contribution in [1.82, 2.24) is 29.9 Å². The van der Waals surface area contributed by atoms with E-state index in [2.05, 4.69) is 30.1 Å². The second kappa shape index (κ2) is 9.13. The van der Waals surface area contributed by atoms with Crippen LogP contribution in [0.4, 0.5) is 22.0 Å². The molecule has 0 radical (unpaired) electrons. The molecule has 1 N–H and O–H groups in total.